The molecule has 0 saturated carbocycles. The van der Waals surface area contributed by atoms with Crippen LogP contribution in [0, 0.1) is 25.2 Å². The fraction of sp³-hybridized carbons (Fsp3) is 0.111. The van der Waals surface area contributed by atoms with Crippen LogP contribution in [-0.2, 0) is 0 Å². The number of hydrogen-bond donors (Lipinski definition) is 1. The molecule has 4 heteroatoms. The first-order chi connectivity index (χ1) is 10.6. The second-order valence-electron chi connectivity index (χ2n) is 5.21. The normalized spacial score (nSPS) is 10.4. The van der Waals surface area contributed by atoms with Gasteiger partial charge in [-0.1, -0.05) is 23.8 Å². The number of furan rings is 1. The Bertz CT molecular complexity index is 888. The van der Waals surface area contributed by atoms with E-state index in [1.165, 1.54) is 0 Å². The van der Waals surface area contributed by atoms with Gasteiger partial charge >= 0.3 is 0 Å². The molecule has 3 aromatic rings. The molecule has 0 amide bonds. The van der Waals surface area contributed by atoms with E-state index in [2.05, 4.69) is 11.1 Å². The summed E-state index contributed by atoms with van der Waals surface area (Å²) in [5, 5.41) is 9.36. The van der Waals surface area contributed by atoms with Crippen LogP contribution >= 0.6 is 0 Å². The molecule has 2 N–H and O–H groups in total. The molecule has 0 radical (unpaired) electrons. The Morgan fingerprint density at radius 2 is 1.95 bits per heavy atom. The Hall–Kier alpha value is -3.06. The van der Waals surface area contributed by atoms with Gasteiger partial charge in [-0.25, -0.2) is 4.98 Å². The third-order valence-electron chi connectivity index (χ3n) is 3.48. The molecule has 0 fully saturated rings. The number of pyridine rings is 1. The lowest BCUT2D eigenvalue weighted by molar-refractivity contribution is 0.548. The molecule has 2 aromatic heterocycles. The van der Waals surface area contributed by atoms with Crippen LogP contribution in [0.15, 0.2) is 46.9 Å². The number of aryl methyl sites for hydroxylation is 2. The largest absolute Gasteiger partial charge is 0.461 e. The molecule has 2 heterocycles. The molecule has 0 aliphatic carbocycles. The van der Waals surface area contributed by atoms with Gasteiger partial charge in [0.2, 0.25) is 0 Å². The molecule has 0 unspecified atom stereocenters. The third kappa shape index (κ3) is 2.45. The first kappa shape index (κ1) is 13.9. The van der Waals surface area contributed by atoms with Crippen LogP contribution < -0.4 is 5.73 Å². The minimum atomic E-state index is 0.213. The van der Waals surface area contributed by atoms with Crippen LogP contribution in [0.25, 0.3) is 22.6 Å². The van der Waals surface area contributed by atoms with Crippen molar-refractivity contribution in [1.82, 2.24) is 4.98 Å². The summed E-state index contributed by atoms with van der Waals surface area (Å²) < 4.78 is 5.65. The first-order valence-corrected chi connectivity index (χ1v) is 6.93. The molecule has 0 bridgehead atoms. The van der Waals surface area contributed by atoms with Crippen molar-refractivity contribution in [2.24, 2.45) is 0 Å². The van der Waals surface area contributed by atoms with E-state index in [1.807, 2.05) is 56.3 Å². The van der Waals surface area contributed by atoms with Crippen LogP contribution in [0.5, 0.6) is 0 Å². The Labute approximate surface area is 128 Å². The van der Waals surface area contributed by atoms with Crippen molar-refractivity contribution in [2.75, 3.05) is 5.73 Å². The summed E-state index contributed by atoms with van der Waals surface area (Å²) in [6.45, 7) is 3.88. The minimum Gasteiger partial charge on any atom is -0.461 e. The lowest BCUT2D eigenvalue weighted by Gasteiger charge is -2.09. The van der Waals surface area contributed by atoms with Crippen LogP contribution in [0.2, 0.25) is 0 Å². The average Bonchev–Trinajstić information content (AvgIpc) is 2.93. The molecule has 0 atom stereocenters. The highest BCUT2D eigenvalue weighted by Crippen LogP contribution is 2.32. The summed E-state index contributed by atoms with van der Waals surface area (Å²) in [5.74, 6) is 1.62. The van der Waals surface area contributed by atoms with Gasteiger partial charge in [0.05, 0.1) is 5.69 Å². The number of benzene rings is 1. The number of anilines is 1. The number of nitrogen functional groups attached to an aromatic ring is 1. The summed E-state index contributed by atoms with van der Waals surface area (Å²) >= 11 is 0. The molecular formula is C18H15N3O. The van der Waals surface area contributed by atoms with Gasteiger partial charge < -0.3 is 10.2 Å². The van der Waals surface area contributed by atoms with E-state index in [9.17, 15) is 5.26 Å². The smallest absolute Gasteiger partial charge is 0.142 e. The van der Waals surface area contributed by atoms with Gasteiger partial charge in [-0.3, -0.25) is 0 Å². The van der Waals surface area contributed by atoms with E-state index in [-0.39, 0.29) is 5.82 Å². The molecular weight excluding hydrogens is 274 g/mol. The number of rotatable bonds is 2. The summed E-state index contributed by atoms with van der Waals surface area (Å²) in [6.07, 6.45) is 0. The molecule has 0 spiro atoms. The topological polar surface area (TPSA) is 75.8 Å². The third-order valence-corrected chi connectivity index (χ3v) is 3.48. The lowest BCUT2D eigenvalue weighted by atomic mass is 10.0. The maximum atomic E-state index is 9.36. The van der Waals surface area contributed by atoms with E-state index < -0.39 is 0 Å². The number of nitrogens with two attached hydrogens (primary N) is 1. The van der Waals surface area contributed by atoms with Gasteiger partial charge in [-0.05, 0) is 38.1 Å². The van der Waals surface area contributed by atoms with E-state index in [1.54, 1.807) is 0 Å². The van der Waals surface area contributed by atoms with Gasteiger partial charge in [0.1, 0.15) is 29.0 Å². The van der Waals surface area contributed by atoms with Crippen molar-refractivity contribution >= 4 is 5.82 Å². The zero-order valence-electron chi connectivity index (χ0n) is 12.4. The fourth-order valence-corrected chi connectivity index (χ4v) is 2.41. The average molecular weight is 289 g/mol. The highest BCUT2D eigenvalue weighted by atomic mass is 16.3. The Kier molecular flexibility index (Phi) is 3.40. The highest BCUT2D eigenvalue weighted by Gasteiger charge is 2.15. The van der Waals surface area contributed by atoms with Crippen LogP contribution in [0.4, 0.5) is 5.82 Å². The van der Waals surface area contributed by atoms with Crippen LogP contribution in [0.3, 0.4) is 0 Å². The number of nitriles is 1. The lowest BCUT2D eigenvalue weighted by Crippen LogP contribution is -1.99. The van der Waals surface area contributed by atoms with Gasteiger partial charge in [0.15, 0.2) is 0 Å². The van der Waals surface area contributed by atoms with Crippen LogP contribution in [0.1, 0.15) is 16.9 Å². The molecule has 3 rings (SSSR count). The molecule has 1 aromatic carbocycles. The quantitative estimate of drug-likeness (QED) is 0.771. The van der Waals surface area contributed by atoms with E-state index in [0.29, 0.717) is 16.9 Å². The monoisotopic (exact) mass is 289 g/mol. The van der Waals surface area contributed by atoms with Crippen molar-refractivity contribution in [2.45, 2.75) is 13.8 Å². The predicted octanol–water partition coefficient (Wildman–Crippen LogP) is 4.08. The van der Waals surface area contributed by atoms with Crippen molar-refractivity contribution < 1.29 is 4.42 Å². The molecule has 0 aliphatic heterocycles. The van der Waals surface area contributed by atoms with Crippen molar-refractivity contribution in [3.63, 3.8) is 0 Å². The van der Waals surface area contributed by atoms with E-state index >= 15 is 0 Å². The summed E-state index contributed by atoms with van der Waals surface area (Å²) in [4.78, 5) is 4.36. The molecule has 4 nitrogen and oxygen atoms in total. The Balaban J connectivity index is 2.23. The number of hydrogen-bond acceptors (Lipinski definition) is 4. The van der Waals surface area contributed by atoms with Gasteiger partial charge in [-0.2, -0.15) is 5.26 Å². The molecule has 108 valence electrons. The molecule has 22 heavy (non-hydrogen) atoms. The number of nitrogens with zero attached hydrogens (tertiary/aromatic N) is 2. The highest BCUT2D eigenvalue weighted by molar-refractivity contribution is 5.78. The van der Waals surface area contributed by atoms with E-state index in [0.717, 1.165) is 22.6 Å². The maximum absolute atomic E-state index is 9.36. The zero-order chi connectivity index (χ0) is 15.7. The standard InChI is InChI=1S/C18H15N3O/c1-11-4-3-5-13(8-11)16-9-14(15(10-19)18(20)21-16)17-7-6-12(2)22-17/h3-9H,1-2H3,(H2,20,21). The first-order valence-electron chi connectivity index (χ1n) is 6.93. The molecule has 0 saturated heterocycles. The van der Waals surface area contributed by atoms with Crippen molar-refractivity contribution in [1.29, 1.82) is 5.26 Å². The van der Waals surface area contributed by atoms with Gasteiger partial charge in [0.25, 0.3) is 0 Å². The van der Waals surface area contributed by atoms with Gasteiger partial charge in [-0.15, -0.1) is 0 Å². The summed E-state index contributed by atoms with van der Waals surface area (Å²) in [5.41, 5.74) is 9.80. The minimum absolute atomic E-state index is 0.213. The summed E-state index contributed by atoms with van der Waals surface area (Å²) in [7, 11) is 0. The maximum Gasteiger partial charge on any atom is 0.142 e. The SMILES string of the molecule is Cc1cccc(-c2cc(-c3ccc(C)o3)c(C#N)c(N)n2)c1. The van der Waals surface area contributed by atoms with Gasteiger partial charge in [0, 0.05) is 11.1 Å². The predicted molar refractivity (Wildman–Crippen MR) is 86.0 cm³/mol. The van der Waals surface area contributed by atoms with Crippen LogP contribution in [-0.4, -0.2) is 4.98 Å². The fourth-order valence-electron chi connectivity index (χ4n) is 2.41. The van der Waals surface area contributed by atoms with Crippen molar-refractivity contribution in [3.8, 4) is 28.7 Å². The zero-order valence-corrected chi connectivity index (χ0v) is 12.4. The Morgan fingerprint density at radius 3 is 2.59 bits per heavy atom. The Morgan fingerprint density at radius 1 is 1.14 bits per heavy atom. The second kappa shape index (κ2) is 5.38. The summed E-state index contributed by atoms with van der Waals surface area (Å²) in [6, 6.07) is 15.7. The van der Waals surface area contributed by atoms with Crippen molar-refractivity contribution in [3.05, 3.63) is 59.4 Å². The number of aromatic nitrogens is 1. The van der Waals surface area contributed by atoms with E-state index in [4.69, 9.17) is 10.2 Å². The second-order valence-corrected chi connectivity index (χ2v) is 5.21. The molecule has 0 aliphatic rings.